The van der Waals surface area contributed by atoms with Crippen molar-refractivity contribution in [2.45, 2.75) is 13.8 Å². The molecule has 0 saturated carbocycles. The molecule has 0 radical (unpaired) electrons. The van der Waals surface area contributed by atoms with Gasteiger partial charge in [0.05, 0.1) is 21.6 Å². The van der Waals surface area contributed by atoms with Crippen molar-refractivity contribution in [3.8, 4) is 11.3 Å². The van der Waals surface area contributed by atoms with Crippen molar-refractivity contribution in [1.29, 1.82) is 0 Å². The molecule has 0 aliphatic heterocycles. The van der Waals surface area contributed by atoms with Gasteiger partial charge in [-0.2, -0.15) is 0 Å². The van der Waals surface area contributed by atoms with E-state index >= 15 is 0 Å². The molecule has 3 aromatic heterocycles. The smallest absolute Gasteiger partial charge is 0.230 e. The van der Waals surface area contributed by atoms with Crippen LogP contribution in [0.4, 0.5) is 10.1 Å². The molecule has 0 aliphatic rings. The first-order valence-corrected chi connectivity index (χ1v) is 8.47. The third kappa shape index (κ3) is 2.55. The maximum atomic E-state index is 13.8. The molecule has 0 unspecified atom stereocenters. The number of benzene rings is 1. The van der Waals surface area contributed by atoms with Crippen molar-refractivity contribution in [3.63, 3.8) is 0 Å². The highest BCUT2D eigenvalue weighted by Crippen LogP contribution is 2.34. The van der Waals surface area contributed by atoms with Crippen LogP contribution in [0.25, 0.3) is 32.4 Å². The van der Waals surface area contributed by atoms with E-state index < -0.39 is 0 Å². The summed E-state index contributed by atoms with van der Waals surface area (Å²) in [6, 6.07) is 8.53. The fraction of sp³-hybridized carbons (Fsp3) is 0.111. The first-order valence-electron chi connectivity index (χ1n) is 7.59. The van der Waals surface area contributed by atoms with Gasteiger partial charge < -0.3 is 10.7 Å². The summed E-state index contributed by atoms with van der Waals surface area (Å²) < 4.78 is 14.4. The summed E-state index contributed by atoms with van der Waals surface area (Å²) >= 11 is 1.32. The molecular formula is C18H16FN3OS. The average Bonchev–Trinajstić information content (AvgIpc) is 3.05. The first-order chi connectivity index (χ1) is 11.6. The number of nitrogens with zero attached hydrogens (tertiary/aromatic N) is 1. The molecule has 4 nitrogen and oxygen atoms in total. The molecule has 0 fully saturated rings. The number of thiophene rings is 1. The second-order valence-corrected chi connectivity index (χ2v) is 5.81. The van der Waals surface area contributed by atoms with Crippen LogP contribution in [-0.2, 0) is 0 Å². The Balaban J connectivity index is 0.000000815. The predicted molar refractivity (Wildman–Crippen MR) is 98.9 cm³/mol. The SMILES string of the molecule is CC.Nc1c[nH]c2ccc(-c3csc4c(F)cccc34)nc2c1=O. The normalized spacial score (nSPS) is 10.6. The molecule has 3 heterocycles. The van der Waals surface area contributed by atoms with Crippen LogP contribution in [0, 0.1) is 5.82 Å². The molecule has 0 aliphatic carbocycles. The van der Waals surface area contributed by atoms with Crippen LogP contribution < -0.4 is 11.2 Å². The third-order valence-corrected chi connectivity index (χ3v) is 4.59. The number of pyridine rings is 2. The van der Waals surface area contributed by atoms with Crippen molar-refractivity contribution in [1.82, 2.24) is 9.97 Å². The Morgan fingerprint density at radius 2 is 2.00 bits per heavy atom. The fourth-order valence-corrected chi connectivity index (χ4v) is 3.45. The van der Waals surface area contributed by atoms with Crippen molar-refractivity contribution >= 4 is 38.1 Å². The van der Waals surface area contributed by atoms with E-state index in [1.54, 1.807) is 18.2 Å². The Labute approximate surface area is 141 Å². The molecule has 4 rings (SSSR count). The van der Waals surface area contributed by atoms with E-state index in [1.807, 2.05) is 25.3 Å². The van der Waals surface area contributed by atoms with Gasteiger partial charge in [-0.05, 0) is 18.2 Å². The number of nitrogens with one attached hydrogen (secondary N) is 1. The molecular weight excluding hydrogens is 325 g/mol. The largest absolute Gasteiger partial charge is 0.394 e. The van der Waals surface area contributed by atoms with Crippen molar-refractivity contribution in [3.05, 3.63) is 57.9 Å². The van der Waals surface area contributed by atoms with Crippen molar-refractivity contribution in [2.24, 2.45) is 0 Å². The van der Waals surface area contributed by atoms with Gasteiger partial charge in [-0.1, -0.05) is 26.0 Å². The van der Waals surface area contributed by atoms with Crippen LogP contribution in [0.5, 0.6) is 0 Å². The molecule has 6 heteroatoms. The lowest BCUT2D eigenvalue weighted by molar-refractivity contribution is 0.642. The van der Waals surface area contributed by atoms with Crippen LogP contribution in [0.15, 0.2) is 46.7 Å². The van der Waals surface area contributed by atoms with Crippen LogP contribution in [0.1, 0.15) is 13.8 Å². The summed E-state index contributed by atoms with van der Waals surface area (Å²) in [7, 11) is 0. The van der Waals surface area contributed by atoms with E-state index in [9.17, 15) is 9.18 Å². The summed E-state index contributed by atoms with van der Waals surface area (Å²) in [5, 5.41) is 2.64. The highest BCUT2D eigenvalue weighted by Gasteiger charge is 2.12. The Bertz CT molecular complexity index is 1080. The molecule has 0 amide bonds. The van der Waals surface area contributed by atoms with E-state index in [4.69, 9.17) is 5.73 Å². The summed E-state index contributed by atoms with van der Waals surface area (Å²) in [5.41, 5.74) is 7.79. The lowest BCUT2D eigenvalue weighted by Gasteiger charge is -2.03. The Kier molecular flexibility index (Phi) is 4.31. The Morgan fingerprint density at radius 1 is 1.21 bits per heavy atom. The molecule has 4 aromatic rings. The number of aromatic amines is 1. The number of rotatable bonds is 1. The number of halogens is 1. The zero-order valence-corrected chi connectivity index (χ0v) is 14.1. The van der Waals surface area contributed by atoms with Gasteiger partial charge in [-0.15, -0.1) is 11.3 Å². The van der Waals surface area contributed by atoms with Crippen molar-refractivity contribution < 1.29 is 4.39 Å². The molecule has 0 saturated heterocycles. The van der Waals surface area contributed by atoms with Gasteiger partial charge in [-0.25, -0.2) is 9.37 Å². The number of nitrogens with two attached hydrogens (primary N) is 1. The lowest BCUT2D eigenvalue weighted by atomic mass is 10.1. The quantitative estimate of drug-likeness (QED) is 0.533. The maximum absolute atomic E-state index is 13.8. The Hall–Kier alpha value is -2.73. The van der Waals surface area contributed by atoms with Gasteiger partial charge in [-0.3, -0.25) is 4.79 Å². The topological polar surface area (TPSA) is 71.8 Å². The minimum absolute atomic E-state index is 0.123. The summed E-state index contributed by atoms with van der Waals surface area (Å²) in [4.78, 5) is 19.5. The Morgan fingerprint density at radius 3 is 2.79 bits per heavy atom. The zero-order chi connectivity index (χ0) is 17.3. The standard InChI is InChI=1S/C16H10FN3OS.C2H6/c17-10-3-1-2-8-9(7-22-16(8)10)12-4-5-13-14(20-12)15(21)11(18)6-19-13;1-2/h1-7H,18H2,(H,19,21);1-2H3. The molecule has 24 heavy (non-hydrogen) atoms. The van der Waals surface area contributed by atoms with Crippen LogP contribution in [0.3, 0.4) is 0 Å². The third-order valence-electron chi connectivity index (χ3n) is 3.58. The van der Waals surface area contributed by atoms with Crippen LogP contribution in [-0.4, -0.2) is 9.97 Å². The zero-order valence-electron chi connectivity index (χ0n) is 13.3. The van der Waals surface area contributed by atoms with Gasteiger partial charge in [0.2, 0.25) is 5.43 Å². The van der Waals surface area contributed by atoms with E-state index in [-0.39, 0.29) is 22.5 Å². The molecule has 0 atom stereocenters. The minimum Gasteiger partial charge on any atom is -0.394 e. The number of nitrogen functional groups attached to an aromatic ring is 1. The van der Waals surface area contributed by atoms with Gasteiger partial charge >= 0.3 is 0 Å². The lowest BCUT2D eigenvalue weighted by Crippen LogP contribution is -2.10. The average molecular weight is 341 g/mol. The van der Waals surface area contributed by atoms with E-state index in [0.717, 1.165) is 10.9 Å². The van der Waals surface area contributed by atoms with Crippen LogP contribution in [0.2, 0.25) is 0 Å². The molecule has 0 spiro atoms. The second-order valence-electron chi connectivity index (χ2n) is 4.93. The summed E-state index contributed by atoms with van der Waals surface area (Å²) in [5.74, 6) is -0.253. The maximum Gasteiger partial charge on any atom is 0.230 e. The number of hydrogen-bond acceptors (Lipinski definition) is 4. The highest BCUT2D eigenvalue weighted by molar-refractivity contribution is 7.17. The second kappa shape index (κ2) is 6.41. The molecule has 122 valence electrons. The summed E-state index contributed by atoms with van der Waals surface area (Å²) in [6.07, 6.45) is 1.46. The number of fused-ring (bicyclic) bond motifs is 2. The van der Waals surface area contributed by atoms with Gasteiger partial charge in [0.1, 0.15) is 11.3 Å². The van der Waals surface area contributed by atoms with Gasteiger partial charge in [0.15, 0.2) is 0 Å². The van der Waals surface area contributed by atoms with Crippen molar-refractivity contribution in [2.75, 3.05) is 5.73 Å². The van der Waals surface area contributed by atoms with E-state index in [1.165, 1.54) is 23.6 Å². The predicted octanol–water partition coefficient (Wildman–Crippen LogP) is 4.55. The van der Waals surface area contributed by atoms with Gasteiger partial charge in [0, 0.05) is 22.5 Å². The minimum atomic E-state index is -0.304. The molecule has 1 aromatic carbocycles. The summed E-state index contributed by atoms with van der Waals surface area (Å²) in [6.45, 7) is 4.00. The van der Waals surface area contributed by atoms with Crippen LogP contribution >= 0.6 is 11.3 Å². The van der Waals surface area contributed by atoms with E-state index in [2.05, 4.69) is 9.97 Å². The van der Waals surface area contributed by atoms with Gasteiger partial charge in [0.25, 0.3) is 0 Å². The number of anilines is 1. The first kappa shape index (κ1) is 16.1. The molecule has 3 N–H and O–H groups in total. The number of aromatic nitrogens is 2. The fourth-order valence-electron chi connectivity index (χ4n) is 2.48. The number of hydrogen-bond donors (Lipinski definition) is 2. The highest BCUT2D eigenvalue weighted by atomic mass is 32.1. The molecule has 0 bridgehead atoms. The number of H-pyrrole nitrogens is 1. The monoisotopic (exact) mass is 341 g/mol. The van der Waals surface area contributed by atoms with E-state index in [0.29, 0.717) is 15.9 Å².